The van der Waals surface area contributed by atoms with E-state index in [0.717, 1.165) is 23.6 Å². The third-order valence-electron chi connectivity index (χ3n) is 2.34. The minimum atomic E-state index is -0.00614. The second-order valence-electron chi connectivity index (χ2n) is 3.39. The maximum atomic E-state index is 11.2. The van der Waals surface area contributed by atoms with Crippen LogP contribution < -0.4 is 5.73 Å². The van der Waals surface area contributed by atoms with Crippen molar-refractivity contribution in [2.24, 2.45) is 0 Å². The first-order valence-corrected chi connectivity index (χ1v) is 5.71. The number of anilines is 1. The van der Waals surface area contributed by atoms with E-state index in [1.165, 1.54) is 12.5 Å². The molecule has 0 saturated heterocycles. The number of aromatic nitrogens is 1. The molecule has 0 radical (unpaired) electrons. The fourth-order valence-corrected chi connectivity index (χ4v) is 2.54. The average molecular weight is 208 g/mol. The topological polar surface area (TPSA) is 56.0 Å². The number of ketones is 1. The van der Waals surface area contributed by atoms with Gasteiger partial charge in [-0.25, -0.2) is 4.98 Å². The molecule has 4 heteroatoms. The average Bonchev–Trinajstić information content (AvgIpc) is 2.16. The summed E-state index contributed by atoms with van der Waals surface area (Å²) < 4.78 is 0. The van der Waals surface area contributed by atoms with E-state index < -0.39 is 0 Å². The Balaban J connectivity index is 2.50. The molecule has 0 fully saturated rings. The molecule has 1 aromatic heterocycles. The number of carbonyl (C=O) groups is 1. The van der Waals surface area contributed by atoms with Gasteiger partial charge >= 0.3 is 0 Å². The monoisotopic (exact) mass is 208 g/mol. The van der Waals surface area contributed by atoms with E-state index in [9.17, 15) is 4.79 Å². The molecule has 3 nitrogen and oxygen atoms in total. The molecule has 0 amide bonds. The lowest BCUT2D eigenvalue weighted by Crippen LogP contribution is -2.11. The molecule has 0 unspecified atom stereocenters. The third kappa shape index (κ3) is 1.62. The van der Waals surface area contributed by atoms with Gasteiger partial charge in [0, 0.05) is 11.4 Å². The normalized spacial score (nSPS) is 14.9. The van der Waals surface area contributed by atoms with Gasteiger partial charge in [-0.3, -0.25) is 4.79 Å². The Morgan fingerprint density at radius 3 is 3.14 bits per heavy atom. The Labute approximate surface area is 87.1 Å². The highest BCUT2D eigenvalue weighted by molar-refractivity contribution is 7.98. The van der Waals surface area contributed by atoms with E-state index in [2.05, 4.69) is 4.98 Å². The zero-order chi connectivity index (χ0) is 10.1. The number of nitrogens with two attached hydrogens (primary N) is 1. The SMILES string of the molecule is CC(=O)c1cc2c(nc1N)CCSC2. The van der Waals surface area contributed by atoms with Crippen LogP contribution in [-0.2, 0) is 12.2 Å². The van der Waals surface area contributed by atoms with E-state index in [1.807, 2.05) is 17.8 Å². The Morgan fingerprint density at radius 2 is 2.43 bits per heavy atom. The van der Waals surface area contributed by atoms with Crippen LogP contribution in [0.2, 0.25) is 0 Å². The second-order valence-corrected chi connectivity index (χ2v) is 4.49. The molecule has 0 aliphatic carbocycles. The number of hydrogen-bond acceptors (Lipinski definition) is 4. The quantitative estimate of drug-likeness (QED) is 0.713. The van der Waals surface area contributed by atoms with Crippen molar-refractivity contribution >= 4 is 23.4 Å². The predicted molar refractivity (Wildman–Crippen MR) is 58.5 cm³/mol. The fraction of sp³-hybridized carbons (Fsp3) is 0.400. The van der Waals surface area contributed by atoms with Crippen molar-refractivity contribution in [3.8, 4) is 0 Å². The summed E-state index contributed by atoms with van der Waals surface area (Å²) in [6.45, 7) is 1.52. The summed E-state index contributed by atoms with van der Waals surface area (Å²) in [6.07, 6.45) is 0.961. The Hall–Kier alpha value is -1.03. The lowest BCUT2D eigenvalue weighted by Gasteiger charge is -2.15. The largest absolute Gasteiger partial charge is 0.383 e. The van der Waals surface area contributed by atoms with Crippen LogP contribution in [-0.4, -0.2) is 16.5 Å². The van der Waals surface area contributed by atoms with Gasteiger partial charge in [-0.1, -0.05) is 0 Å². The van der Waals surface area contributed by atoms with Crippen LogP contribution in [0.1, 0.15) is 28.5 Å². The molecule has 2 N–H and O–H groups in total. The lowest BCUT2D eigenvalue weighted by molar-refractivity contribution is 0.101. The standard InChI is InChI=1S/C10H12N2OS/c1-6(13)8-4-7-5-14-3-2-9(7)12-10(8)11/h4H,2-3,5H2,1H3,(H2,11,12). The first kappa shape index (κ1) is 9.52. The second kappa shape index (κ2) is 3.61. The van der Waals surface area contributed by atoms with E-state index >= 15 is 0 Å². The summed E-state index contributed by atoms with van der Waals surface area (Å²) >= 11 is 1.87. The van der Waals surface area contributed by atoms with E-state index in [0.29, 0.717) is 11.4 Å². The van der Waals surface area contributed by atoms with Crippen LogP contribution in [0.3, 0.4) is 0 Å². The highest BCUT2D eigenvalue weighted by Gasteiger charge is 2.15. The molecule has 74 valence electrons. The first-order valence-electron chi connectivity index (χ1n) is 4.55. The van der Waals surface area contributed by atoms with Crippen LogP contribution in [0.15, 0.2) is 6.07 Å². The summed E-state index contributed by atoms with van der Waals surface area (Å²) in [4.78, 5) is 15.5. The van der Waals surface area contributed by atoms with Crippen LogP contribution in [0.5, 0.6) is 0 Å². The fourth-order valence-electron chi connectivity index (χ4n) is 1.58. The van der Waals surface area contributed by atoms with Crippen LogP contribution >= 0.6 is 11.8 Å². The summed E-state index contributed by atoms with van der Waals surface area (Å²) in [6, 6.07) is 1.90. The van der Waals surface area contributed by atoms with Crippen molar-refractivity contribution in [1.82, 2.24) is 4.98 Å². The summed E-state index contributed by atoms with van der Waals surface area (Å²) in [5.74, 6) is 2.42. The van der Waals surface area contributed by atoms with Crippen molar-refractivity contribution in [1.29, 1.82) is 0 Å². The lowest BCUT2D eigenvalue weighted by atomic mass is 10.1. The number of nitrogens with zero attached hydrogens (tertiary/aromatic N) is 1. The molecule has 0 bridgehead atoms. The summed E-state index contributed by atoms with van der Waals surface area (Å²) in [7, 11) is 0. The van der Waals surface area contributed by atoms with Gasteiger partial charge in [0.2, 0.25) is 0 Å². The Bertz CT molecular complexity index is 390. The van der Waals surface area contributed by atoms with Gasteiger partial charge in [-0.05, 0) is 30.7 Å². The number of rotatable bonds is 1. The van der Waals surface area contributed by atoms with Crippen LogP contribution in [0.4, 0.5) is 5.82 Å². The molecule has 1 aliphatic heterocycles. The molecule has 0 spiro atoms. The minimum Gasteiger partial charge on any atom is -0.383 e. The van der Waals surface area contributed by atoms with Crippen molar-refractivity contribution in [3.05, 3.63) is 22.9 Å². The number of Topliss-reactive ketones (excluding diaryl/α,β-unsaturated/α-hetero) is 1. The van der Waals surface area contributed by atoms with Crippen LogP contribution in [0.25, 0.3) is 0 Å². The molecular formula is C10H12N2OS. The van der Waals surface area contributed by atoms with E-state index in [1.54, 1.807) is 0 Å². The molecule has 1 aromatic rings. The molecule has 0 saturated carbocycles. The third-order valence-corrected chi connectivity index (χ3v) is 3.35. The molecule has 2 rings (SSSR count). The molecule has 0 aromatic carbocycles. The number of pyridine rings is 1. The number of thioether (sulfide) groups is 1. The highest BCUT2D eigenvalue weighted by atomic mass is 32.2. The number of hydrogen-bond donors (Lipinski definition) is 1. The Morgan fingerprint density at radius 1 is 1.64 bits per heavy atom. The van der Waals surface area contributed by atoms with Gasteiger partial charge in [0.25, 0.3) is 0 Å². The maximum absolute atomic E-state index is 11.2. The van der Waals surface area contributed by atoms with Crippen LogP contribution in [0, 0.1) is 0 Å². The van der Waals surface area contributed by atoms with Gasteiger partial charge in [0.15, 0.2) is 5.78 Å². The van der Waals surface area contributed by atoms with Gasteiger partial charge in [-0.2, -0.15) is 11.8 Å². The van der Waals surface area contributed by atoms with E-state index in [4.69, 9.17) is 5.73 Å². The van der Waals surface area contributed by atoms with Crippen molar-refractivity contribution in [2.45, 2.75) is 19.1 Å². The number of aryl methyl sites for hydroxylation is 1. The van der Waals surface area contributed by atoms with Gasteiger partial charge in [0.05, 0.1) is 5.56 Å². The minimum absolute atomic E-state index is 0.00614. The zero-order valence-corrected chi connectivity index (χ0v) is 8.86. The van der Waals surface area contributed by atoms with Gasteiger partial charge in [-0.15, -0.1) is 0 Å². The molecule has 14 heavy (non-hydrogen) atoms. The van der Waals surface area contributed by atoms with Crippen molar-refractivity contribution < 1.29 is 4.79 Å². The maximum Gasteiger partial charge on any atom is 0.163 e. The smallest absolute Gasteiger partial charge is 0.163 e. The summed E-state index contributed by atoms with van der Waals surface area (Å²) in [5, 5.41) is 0. The highest BCUT2D eigenvalue weighted by Crippen LogP contribution is 2.26. The predicted octanol–water partition coefficient (Wildman–Crippen LogP) is 1.66. The first-order chi connectivity index (χ1) is 6.68. The summed E-state index contributed by atoms with van der Waals surface area (Å²) in [5.41, 5.74) is 8.50. The van der Waals surface area contributed by atoms with E-state index in [-0.39, 0.29) is 5.78 Å². The number of carbonyl (C=O) groups excluding carboxylic acids is 1. The zero-order valence-electron chi connectivity index (χ0n) is 8.04. The molecular weight excluding hydrogens is 196 g/mol. The van der Waals surface area contributed by atoms with Gasteiger partial charge < -0.3 is 5.73 Å². The van der Waals surface area contributed by atoms with Crippen molar-refractivity contribution in [2.75, 3.05) is 11.5 Å². The number of nitrogen functional groups attached to an aromatic ring is 1. The molecule has 2 heterocycles. The Kier molecular flexibility index (Phi) is 2.46. The molecule has 0 atom stereocenters. The van der Waals surface area contributed by atoms with Crippen molar-refractivity contribution in [3.63, 3.8) is 0 Å². The number of fused-ring (bicyclic) bond motifs is 1. The molecule has 1 aliphatic rings. The van der Waals surface area contributed by atoms with Gasteiger partial charge in [0.1, 0.15) is 5.82 Å².